The standard InChI is InChI=1S/C22H29N3O2/c1-7-16(8-2)19-13-15(5)25-20(19)22(26)24(6)21(23-25)18-11-10-17(27-9-3)12-14(18)4/h10-13,16H,7-9H2,1-6H3. The van der Waals surface area contributed by atoms with Gasteiger partial charge in [0.15, 0.2) is 5.82 Å². The summed E-state index contributed by atoms with van der Waals surface area (Å²) in [5.41, 5.74) is 4.79. The van der Waals surface area contributed by atoms with Crippen molar-refractivity contribution >= 4 is 5.52 Å². The molecule has 0 radical (unpaired) electrons. The summed E-state index contributed by atoms with van der Waals surface area (Å²) in [6, 6.07) is 8.03. The largest absolute Gasteiger partial charge is 0.494 e. The quantitative estimate of drug-likeness (QED) is 0.639. The number of rotatable bonds is 6. The van der Waals surface area contributed by atoms with Crippen LogP contribution in [-0.4, -0.2) is 20.8 Å². The van der Waals surface area contributed by atoms with Crippen LogP contribution in [0.25, 0.3) is 16.9 Å². The number of fused-ring (bicyclic) bond motifs is 1. The van der Waals surface area contributed by atoms with Gasteiger partial charge in [0.1, 0.15) is 11.3 Å². The predicted octanol–water partition coefficient (Wildman–Crippen LogP) is 4.62. The van der Waals surface area contributed by atoms with E-state index in [1.54, 1.807) is 11.6 Å². The molecule has 0 N–H and O–H groups in total. The maximum absolute atomic E-state index is 13.3. The van der Waals surface area contributed by atoms with E-state index >= 15 is 0 Å². The summed E-state index contributed by atoms with van der Waals surface area (Å²) in [6.45, 7) is 11.0. The van der Waals surface area contributed by atoms with Crippen molar-refractivity contribution in [3.8, 4) is 17.1 Å². The van der Waals surface area contributed by atoms with Gasteiger partial charge in [0, 0.05) is 18.3 Å². The van der Waals surface area contributed by atoms with E-state index in [-0.39, 0.29) is 5.56 Å². The molecule has 0 atom stereocenters. The van der Waals surface area contributed by atoms with E-state index in [4.69, 9.17) is 9.84 Å². The molecule has 0 aliphatic heterocycles. The molecule has 3 rings (SSSR count). The molecule has 0 aliphatic carbocycles. The van der Waals surface area contributed by atoms with Gasteiger partial charge in [-0.3, -0.25) is 9.36 Å². The lowest BCUT2D eigenvalue weighted by molar-refractivity contribution is 0.340. The molecule has 2 heterocycles. The molecule has 5 nitrogen and oxygen atoms in total. The summed E-state index contributed by atoms with van der Waals surface area (Å²) < 4.78 is 9.07. The third-order valence-corrected chi connectivity index (χ3v) is 5.38. The Hall–Kier alpha value is -2.56. The summed E-state index contributed by atoms with van der Waals surface area (Å²) in [5.74, 6) is 1.88. The number of hydrogen-bond acceptors (Lipinski definition) is 3. The Morgan fingerprint density at radius 3 is 2.41 bits per heavy atom. The first kappa shape index (κ1) is 19.2. The van der Waals surface area contributed by atoms with Crippen molar-refractivity contribution in [3.63, 3.8) is 0 Å². The molecule has 0 aliphatic rings. The van der Waals surface area contributed by atoms with Crippen molar-refractivity contribution in [2.75, 3.05) is 6.61 Å². The molecule has 0 amide bonds. The van der Waals surface area contributed by atoms with Crippen LogP contribution >= 0.6 is 0 Å². The van der Waals surface area contributed by atoms with E-state index < -0.39 is 0 Å². The Morgan fingerprint density at radius 1 is 1.11 bits per heavy atom. The second-order valence-corrected chi connectivity index (χ2v) is 7.11. The zero-order valence-electron chi connectivity index (χ0n) is 17.2. The molecule has 0 saturated heterocycles. The molecule has 5 heteroatoms. The Kier molecular flexibility index (Phi) is 5.40. The van der Waals surface area contributed by atoms with Gasteiger partial charge in [-0.25, -0.2) is 4.52 Å². The van der Waals surface area contributed by atoms with Crippen LogP contribution in [0.1, 0.15) is 56.4 Å². The van der Waals surface area contributed by atoms with Crippen LogP contribution < -0.4 is 10.3 Å². The Bertz CT molecular complexity index is 1030. The van der Waals surface area contributed by atoms with Gasteiger partial charge in [-0.1, -0.05) is 13.8 Å². The summed E-state index contributed by atoms with van der Waals surface area (Å²) in [6.07, 6.45) is 2.02. The van der Waals surface area contributed by atoms with Crippen LogP contribution in [0.4, 0.5) is 0 Å². The Labute approximate surface area is 160 Å². The van der Waals surface area contributed by atoms with Crippen molar-refractivity contribution in [1.29, 1.82) is 0 Å². The van der Waals surface area contributed by atoms with Gasteiger partial charge in [-0.2, -0.15) is 0 Å². The summed E-state index contributed by atoms with van der Waals surface area (Å²) >= 11 is 0. The fraction of sp³-hybridized carbons (Fsp3) is 0.455. The van der Waals surface area contributed by atoms with E-state index in [2.05, 4.69) is 19.9 Å². The Morgan fingerprint density at radius 2 is 1.81 bits per heavy atom. The topological polar surface area (TPSA) is 48.5 Å². The van der Waals surface area contributed by atoms with Crippen LogP contribution in [0.3, 0.4) is 0 Å². The summed E-state index contributed by atoms with van der Waals surface area (Å²) in [5, 5.41) is 4.85. The number of ether oxygens (including phenoxy) is 1. The van der Waals surface area contributed by atoms with Crippen LogP contribution in [0.5, 0.6) is 5.75 Å². The molecule has 3 aromatic rings. The highest BCUT2D eigenvalue weighted by Crippen LogP contribution is 2.29. The van der Waals surface area contributed by atoms with Gasteiger partial charge in [0.05, 0.1) is 6.61 Å². The molecule has 2 aromatic heterocycles. The van der Waals surface area contributed by atoms with Crippen LogP contribution in [0.15, 0.2) is 29.1 Å². The molecule has 27 heavy (non-hydrogen) atoms. The maximum Gasteiger partial charge on any atom is 0.278 e. The second-order valence-electron chi connectivity index (χ2n) is 7.11. The number of aryl methyl sites for hydroxylation is 2. The molecular formula is C22H29N3O2. The zero-order chi connectivity index (χ0) is 19.7. The first-order valence-electron chi connectivity index (χ1n) is 9.75. The lowest BCUT2D eigenvalue weighted by Gasteiger charge is -2.14. The third-order valence-electron chi connectivity index (χ3n) is 5.38. The smallest absolute Gasteiger partial charge is 0.278 e. The van der Waals surface area contributed by atoms with E-state index in [9.17, 15) is 4.79 Å². The van der Waals surface area contributed by atoms with Crippen molar-refractivity contribution in [1.82, 2.24) is 14.2 Å². The normalized spacial score (nSPS) is 11.5. The average molecular weight is 367 g/mol. The van der Waals surface area contributed by atoms with Crippen molar-refractivity contribution in [2.24, 2.45) is 7.05 Å². The lowest BCUT2D eigenvalue weighted by atomic mass is 9.95. The first-order valence-corrected chi connectivity index (χ1v) is 9.75. The minimum atomic E-state index is 0.00304. The van der Waals surface area contributed by atoms with E-state index in [1.807, 2.05) is 43.5 Å². The second kappa shape index (κ2) is 7.59. The average Bonchev–Trinajstić information content (AvgIpc) is 2.97. The zero-order valence-corrected chi connectivity index (χ0v) is 17.2. The number of aromatic nitrogens is 3. The third kappa shape index (κ3) is 3.27. The van der Waals surface area contributed by atoms with Gasteiger partial charge >= 0.3 is 0 Å². The molecule has 0 bridgehead atoms. The van der Waals surface area contributed by atoms with Crippen molar-refractivity contribution in [3.05, 3.63) is 51.4 Å². The van der Waals surface area contributed by atoms with Crippen LogP contribution in [-0.2, 0) is 7.05 Å². The van der Waals surface area contributed by atoms with Gasteiger partial charge in [0.2, 0.25) is 0 Å². The fourth-order valence-electron chi connectivity index (χ4n) is 3.83. The van der Waals surface area contributed by atoms with Gasteiger partial charge in [-0.15, -0.1) is 5.10 Å². The highest BCUT2D eigenvalue weighted by atomic mass is 16.5. The minimum absolute atomic E-state index is 0.00304. The minimum Gasteiger partial charge on any atom is -0.494 e. The predicted molar refractivity (Wildman–Crippen MR) is 110 cm³/mol. The molecule has 0 spiro atoms. The molecular weight excluding hydrogens is 338 g/mol. The van der Waals surface area contributed by atoms with Crippen LogP contribution in [0.2, 0.25) is 0 Å². The van der Waals surface area contributed by atoms with E-state index in [0.29, 0.717) is 23.9 Å². The van der Waals surface area contributed by atoms with Crippen molar-refractivity contribution in [2.45, 2.75) is 53.4 Å². The number of hydrogen-bond donors (Lipinski definition) is 0. The van der Waals surface area contributed by atoms with Gasteiger partial charge in [-0.05, 0) is 74.9 Å². The van der Waals surface area contributed by atoms with E-state index in [0.717, 1.165) is 41.0 Å². The molecule has 0 unspecified atom stereocenters. The summed E-state index contributed by atoms with van der Waals surface area (Å²) in [4.78, 5) is 13.3. The lowest BCUT2D eigenvalue weighted by Crippen LogP contribution is -2.24. The monoisotopic (exact) mass is 367 g/mol. The summed E-state index contributed by atoms with van der Waals surface area (Å²) in [7, 11) is 1.81. The SMILES string of the molecule is CCOc1ccc(-c2nn3c(C)cc(C(CC)CC)c3c(=O)n2C)c(C)c1. The highest BCUT2D eigenvalue weighted by Gasteiger charge is 2.21. The fourth-order valence-corrected chi connectivity index (χ4v) is 3.83. The molecule has 1 aromatic carbocycles. The molecule has 0 fully saturated rings. The molecule has 144 valence electrons. The number of benzene rings is 1. The van der Waals surface area contributed by atoms with E-state index in [1.165, 1.54) is 0 Å². The maximum atomic E-state index is 13.3. The van der Waals surface area contributed by atoms with Gasteiger partial charge < -0.3 is 4.74 Å². The van der Waals surface area contributed by atoms with Gasteiger partial charge in [0.25, 0.3) is 5.56 Å². The molecule has 0 saturated carbocycles. The highest BCUT2D eigenvalue weighted by molar-refractivity contribution is 5.64. The van der Waals surface area contributed by atoms with Crippen molar-refractivity contribution < 1.29 is 4.74 Å². The van der Waals surface area contributed by atoms with Crippen LogP contribution in [0, 0.1) is 13.8 Å². The number of nitrogens with zero attached hydrogens (tertiary/aromatic N) is 3. The first-order chi connectivity index (χ1) is 12.9. The Balaban J connectivity index is 2.24.